The van der Waals surface area contributed by atoms with Gasteiger partial charge in [-0.25, -0.2) is 0 Å². The van der Waals surface area contributed by atoms with Gasteiger partial charge in [-0.1, -0.05) is 18.2 Å². The zero-order valence-corrected chi connectivity index (χ0v) is 21.0. The molecule has 2 aromatic carbocycles. The van der Waals surface area contributed by atoms with E-state index in [4.69, 9.17) is 18.9 Å². The maximum absolute atomic E-state index is 11.2. The number of rotatable bonds is 10. The molecule has 0 saturated carbocycles. The van der Waals surface area contributed by atoms with Crippen molar-refractivity contribution >= 4 is 18.1 Å². The standard InChI is InChI=1S/C28H30N2O7/c1-17-20(13-29-14-21(17)19-6-7-24-27(12-19)37-9-8-36-24)5-4-18-10-25(34-2)22(26(11-18)35-3)15-30-23(16-31)28(32)33/h4-7,10-14,23,30-31H,8-9,15-16H2,1-3H3,(H,32,33). The van der Waals surface area contributed by atoms with E-state index in [2.05, 4.69) is 10.3 Å². The summed E-state index contributed by atoms with van der Waals surface area (Å²) in [5, 5.41) is 21.3. The number of benzene rings is 2. The van der Waals surface area contributed by atoms with Crippen LogP contribution in [0.2, 0.25) is 0 Å². The van der Waals surface area contributed by atoms with Crippen LogP contribution in [0.4, 0.5) is 0 Å². The molecule has 37 heavy (non-hydrogen) atoms. The third-order valence-corrected chi connectivity index (χ3v) is 6.20. The second-order valence-electron chi connectivity index (χ2n) is 8.45. The fourth-order valence-corrected chi connectivity index (χ4v) is 4.13. The number of hydrogen-bond donors (Lipinski definition) is 3. The number of aliphatic hydroxyl groups excluding tert-OH is 1. The Labute approximate surface area is 215 Å². The quantitative estimate of drug-likeness (QED) is 0.379. The van der Waals surface area contributed by atoms with E-state index in [0.717, 1.165) is 39.3 Å². The number of aliphatic carboxylic acids is 1. The predicted molar refractivity (Wildman–Crippen MR) is 139 cm³/mol. The second-order valence-corrected chi connectivity index (χ2v) is 8.45. The van der Waals surface area contributed by atoms with E-state index in [-0.39, 0.29) is 6.54 Å². The summed E-state index contributed by atoms with van der Waals surface area (Å²) in [7, 11) is 3.08. The molecule has 3 N–H and O–H groups in total. The highest BCUT2D eigenvalue weighted by atomic mass is 16.6. The zero-order valence-electron chi connectivity index (χ0n) is 21.0. The molecular formula is C28H30N2O7. The largest absolute Gasteiger partial charge is 0.496 e. The first-order chi connectivity index (χ1) is 17.9. The average molecular weight is 507 g/mol. The summed E-state index contributed by atoms with van der Waals surface area (Å²) in [6.07, 6.45) is 7.56. The normalized spacial score (nSPS) is 13.4. The van der Waals surface area contributed by atoms with Crippen LogP contribution in [0.5, 0.6) is 23.0 Å². The number of hydrogen-bond acceptors (Lipinski definition) is 8. The molecule has 1 aromatic heterocycles. The van der Waals surface area contributed by atoms with E-state index in [1.807, 2.05) is 55.6 Å². The Morgan fingerprint density at radius 3 is 2.43 bits per heavy atom. The second kappa shape index (κ2) is 11.8. The molecular weight excluding hydrogens is 476 g/mol. The smallest absolute Gasteiger partial charge is 0.323 e. The van der Waals surface area contributed by atoms with E-state index in [0.29, 0.717) is 30.3 Å². The monoisotopic (exact) mass is 506 g/mol. The number of carboxylic acids is 1. The fourth-order valence-electron chi connectivity index (χ4n) is 4.13. The van der Waals surface area contributed by atoms with Crippen LogP contribution in [-0.4, -0.2) is 61.2 Å². The van der Waals surface area contributed by atoms with Crippen LogP contribution in [0.15, 0.2) is 42.7 Å². The lowest BCUT2D eigenvalue weighted by atomic mass is 9.98. The van der Waals surface area contributed by atoms with Gasteiger partial charge in [0.1, 0.15) is 30.8 Å². The minimum atomic E-state index is -1.14. The number of aromatic nitrogens is 1. The molecule has 0 aliphatic carbocycles. The van der Waals surface area contributed by atoms with Crippen molar-refractivity contribution in [3.05, 3.63) is 65.0 Å². The van der Waals surface area contributed by atoms with Gasteiger partial charge in [-0.15, -0.1) is 0 Å². The number of nitrogens with one attached hydrogen (secondary N) is 1. The molecule has 1 atom stereocenters. The molecule has 0 radical (unpaired) electrons. The van der Waals surface area contributed by atoms with E-state index < -0.39 is 18.6 Å². The lowest BCUT2D eigenvalue weighted by Gasteiger charge is -2.19. The molecule has 0 spiro atoms. The van der Waals surface area contributed by atoms with Gasteiger partial charge in [0.15, 0.2) is 11.5 Å². The number of methoxy groups -OCH3 is 2. The van der Waals surface area contributed by atoms with E-state index in [1.165, 1.54) is 14.2 Å². The Balaban J connectivity index is 1.60. The molecule has 3 aromatic rings. The molecule has 9 nitrogen and oxygen atoms in total. The van der Waals surface area contributed by atoms with Crippen molar-refractivity contribution in [1.82, 2.24) is 10.3 Å². The first-order valence-corrected chi connectivity index (χ1v) is 11.8. The summed E-state index contributed by atoms with van der Waals surface area (Å²) in [5.41, 5.74) is 5.48. The molecule has 1 aliphatic rings. The zero-order chi connectivity index (χ0) is 26.4. The Morgan fingerprint density at radius 2 is 1.78 bits per heavy atom. The van der Waals surface area contributed by atoms with Crippen molar-refractivity contribution < 1.29 is 34.0 Å². The van der Waals surface area contributed by atoms with Crippen LogP contribution in [0, 0.1) is 6.92 Å². The molecule has 1 unspecified atom stereocenters. The van der Waals surface area contributed by atoms with Crippen molar-refractivity contribution in [1.29, 1.82) is 0 Å². The van der Waals surface area contributed by atoms with Gasteiger partial charge in [0.25, 0.3) is 0 Å². The van der Waals surface area contributed by atoms with Crippen LogP contribution in [0.3, 0.4) is 0 Å². The van der Waals surface area contributed by atoms with Crippen molar-refractivity contribution in [2.75, 3.05) is 34.0 Å². The van der Waals surface area contributed by atoms with Gasteiger partial charge >= 0.3 is 5.97 Å². The average Bonchev–Trinajstić information content (AvgIpc) is 2.92. The molecule has 0 bridgehead atoms. The number of carbonyl (C=O) groups is 1. The summed E-state index contributed by atoms with van der Waals surface area (Å²) >= 11 is 0. The number of carboxylic acid groups (broad SMARTS) is 1. The number of pyridine rings is 1. The van der Waals surface area contributed by atoms with Crippen molar-refractivity contribution in [3.63, 3.8) is 0 Å². The Bertz CT molecular complexity index is 1280. The van der Waals surface area contributed by atoms with Crippen molar-refractivity contribution in [2.24, 2.45) is 0 Å². The SMILES string of the molecule is COc1cc(C=Cc2cncc(-c3ccc4c(c3)OCCO4)c2C)cc(OC)c1CNC(CO)C(=O)O. The highest BCUT2D eigenvalue weighted by Gasteiger charge is 2.19. The van der Waals surface area contributed by atoms with Gasteiger partial charge in [-0.05, 0) is 53.4 Å². The van der Waals surface area contributed by atoms with Crippen LogP contribution in [0.1, 0.15) is 22.3 Å². The lowest BCUT2D eigenvalue weighted by Crippen LogP contribution is -2.39. The Morgan fingerprint density at radius 1 is 1.08 bits per heavy atom. The van der Waals surface area contributed by atoms with Gasteiger partial charge in [0, 0.05) is 30.1 Å². The third-order valence-electron chi connectivity index (χ3n) is 6.20. The molecule has 9 heteroatoms. The number of fused-ring (bicyclic) bond motifs is 1. The predicted octanol–water partition coefficient (Wildman–Crippen LogP) is 3.55. The highest BCUT2D eigenvalue weighted by molar-refractivity contribution is 5.78. The molecule has 0 amide bonds. The molecule has 194 valence electrons. The maximum atomic E-state index is 11.2. The van der Waals surface area contributed by atoms with Crippen LogP contribution < -0.4 is 24.3 Å². The number of aliphatic hydroxyl groups is 1. The van der Waals surface area contributed by atoms with E-state index >= 15 is 0 Å². The molecule has 2 heterocycles. The maximum Gasteiger partial charge on any atom is 0.323 e. The topological polar surface area (TPSA) is 119 Å². The first kappa shape index (κ1) is 26.0. The first-order valence-electron chi connectivity index (χ1n) is 11.8. The van der Waals surface area contributed by atoms with Gasteiger partial charge in [-0.2, -0.15) is 0 Å². The van der Waals surface area contributed by atoms with Crippen molar-refractivity contribution in [3.8, 4) is 34.1 Å². The minimum absolute atomic E-state index is 0.147. The van der Waals surface area contributed by atoms with Gasteiger partial charge in [-0.3, -0.25) is 15.1 Å². The molecule has 0 fully saturated rings. The summed E-state index contributed by atoms with van der Waals surface area (Å²) in [4.78, 5) is 15.7. The van der Waals surface area contributed by atoms with Gasteiger partial charge < -0.3 is 29.2 Å². The van der Waals surface area contributed by atoms with E-state index in [9.17, 15) is 15.0 Å². The van der Waals surface area contributed by atoms with Gasteiger partial charge in [0.2, 0.25) is 0 Å². The Kier molecular flexibility index (Phi) is 8.27. The van der Waals surface area contributed by atoms with Crippen LogP contribution in [0.25, 0.3) is 23.3 Å². The van der Waals surface area contributed by atoms with E-state index in [1.54, 1.807) is 6.20 Å². The molecule has 1 aliphatic heterocycles. The summed E-state index contributed by atoms with van der Waals surface area (Å²) in [6, 6.07) is 8.49. The molecule has 0 saturated heterocycles. The summed E-state index contributed by atoms with van der Waals surface area (Å²) < 4.78 is 22.5. The summed E-state index contributed by atoms with van der Waals surface area (Å²) in [6.45, 7) is 2.74. The van der Waals surface area contributed by atoms with Gasteiger partial charge in [0.05, 0.1) is 20.8 Å². The Hall–Kier alpha value is -4.08. The van der Waals surface area contributed by atoms with Crippen molar-refractivity contribution in [2.45, 2.75) is 19.5 Å². The lowest BCUT2D eigenvalue weighted by molar-refractivity contribution is -0.140. The highest BCUT2D eigenvalue weighted by Crippen LogP contribution is 2.36. The van der Waals surface area contributed by atoms with Crippen LogP contribution in [-0.2, 0) is 11.3 Å². The minimum Gasteiger partial charge on any atom is -0.496 e. The number of nitrogens with zero attached hydrogens (tertiary/aromatic N) is 1. The third kappa shape index (κ3) is 5.84. The number of ether oxygens (including phenoxy) is 4. The van der Waals surface area contributed by atoms with Crippen LogP contribution >= 0.6 is 0 Å². The summed E-state index contributed by atoms with van der Waals surface area (Å²) in [5.74, 6) is 1.41. The molecule has 4 rings (SSSR count). The fraction of sp³-hybridized carbons (Fsp3) is 0.286.